The van der Waals surface area contributed by atoms with Crippen LogP contribution in [0.15, 0.2) is 54.4 Å². The standard InChI is InChI=1S/C30H48O4.C5H5N.2O.Os/c1-18(2)19(3)8-9-20(4)24-10-11-25-23-16-27(32)30(33)17-22(34-21(5)31)12-15-29(30,7)26(23)13-14-28(24,25)6;1-2-4-6-5-3-1;;;/h8-9,16,18-20,22,24-27,32-33H,10-15,17H2,1-7H3;1-5H;;;/b9-8-;;;;/t19?,20?,22-,24+,25?,26?,27?,28+,29+,30?;;;;/m1..../s1. The second-order valence-corrected chi connectivity index (χ2v) is 14.6. The third kappa shape index (κ3) is 7.56. The Bertz CT molecular complexity index is 1140. The molecule has 0 bridgehead atoms. The van der Waals surface area contributed by atoms with Gasteiger partial charge in [0.15, 0.2) is 0 Å². The maximum atomic E-state index is 11.9. The number of carbonyl (C=O) groups is 1. The Hall–Kier alpha value is -1.74. The molecule has 6 unspecified atom stereocenters. The van der Waals surface area contributed by atoms with Gasteiger partial charge in [0.1, 0.15) is 17.8 Å². The molecule has 3 saturated carbocycles. The summed E-state index contributed by atoms with van der Waals surface area (Å²) in [5, 5.41) is 23.2. The maximum absolute atomic E-state index is 11.9. The van der Waals surface area contributed by atoms with Gasteiger partial charge in [-0.2, -0.15) is 0 Å². The number of carbonyl (C=O) groups excluding carboxylic acids is 1. The summed E-state index contributed by atoms with van der Waals surface area (Å²) in [6, 6.07) is 5.72. The molecule has 10 atom stereocenters. The molecule has 8 heteroatoms. The zero-order valence-electron chi connectivity index (χ0n) is 27.0. The number of fused-ring (bicyclic) bond motifs is 5. The van der Waals surface area contributed by atoms with E-state index in [1.54, 1.807) is 12.4 Å². The molecule has 242 valence electrons. The molecular formula is C35H53NO6Os. The molecule has 0 radical (unpaired) electrons. The van der Waals surface area contributed by atoms with Gasteiger partial charge in [0.25, 0.3) is 0 Å². The van der Waals surface area contributed by atoms with Crippen molar-refractivity contribution in [3.8, 4) is 0 Å². The predicted molar refractivity (Wildman–Crippen MR) is 162 cm³/mol. The van der Waals surface area contributed by atoms with Crippen molar-refractivity contribution in [3.05, 3.63) is 54.4 Å². The molecule has 0 spiro atoms. The number of rotatable bonds is 5. The summed E-state index contributed by atoms with van der Waals surface area (Å²) in [7, 11) is 0. The van der Waals surface area contributed by atoms with Gasteiger partial charge in [0, 0.05) is 31.2 Å². The molecule has 0 aromatic carbocycles. The van der Waals surface area contributed by atoms with Gasteiger partial charge in [-0.3, -0.25) is 9.78 Å². The van der Waals surface area contributed by atoms with E-state index in [9.17, 15) is 15.0 Å². The largest absolute Gasteiger partial charge is 0.265 e. The second kappa shape index (κ2) is 15.0. The van der Waals surface area contributed by atoms with E-state index in [0.717, 1.165) is 19.3 Å². The Kier molecular flexibility index (Phi) is 12.5. The number of aromatic nitrogens is 1. The molecule has 2 N–H and O–H groups in total. The summed E-state index contributed by atoms with van der Waals surface area (Å²) in [6.45, 7) is 15.4. The fraction of sp³-hybridized carbons (Fsp3) is 0.714. The number of hydrogen-bond acceptors (Lipinski definition) is 7. The average molecular weight is 774 g/mol. The van der Waals surface area contributed by atoms with Crippen LogP contribution in [0, 0.1) is 46.3 Å². The number of aliphatic hydroxyl groups excluding tert-OH is 1. The first kappa shape index (κ1) is 35.7. The first-order chi connectivity index (χ1) is 20.2. The van der Waals surface area contributed by atoms with Crippen LogP contribution in [-0.4, -0.2) is 39.0 Å². The van der Waals surface area contributed by atoms with E-state index in [4.69, 9.17) is 11.8 Å². The third-order valence-electron chi connectivity index (χ3n) is 11.6. The molecule has 1 aromatic heterocycles. The SMILES string of the molecule is CC(=O)O[C@@H]1CC[C@@]2(C)C3CC[C@]4(C)C(CC[C@H]4C(C)/C=C\C(C)C(C)C)C3=CC(O)C2(O)C1.[O]=[Os]=[O].c1ccncc1. The summed E-state index contributed by atoms with van der Waals surface area (Å²) >= 11 is -2.08. The number of esters is 1. The van der Waals surface area contributed by atoms with Crippen LogP contribution < -0.4 is 0 Å². The maximum Gasteiger partial charge on any atom is 0.0267 e. The Morgan fingerprint density at radius 2 is 1.65 bits per heavy atom. The van der Waals surface area contributed by atoms with E-state index in [2.05, 4.69) is 58.7 Å². The molecule has 0 aliphatic heterocycles. The molecular weight excluding hydrogens is 721 g/mol. The Morgan fingerprint density at radius 3 is 2.19 bits per heavy atom. The molecule has 0 saturated heterocycles. The number of nitrogens with zero attached hydrogens (tertiary/aromatic N) is 1. The third-order valence-corrected chi connectivity index (χ3v) is 11.6. The van der Waals surface area contributed by atoms with Crippen LogP contribution in [0.4, 0.5) is 0 Å². The van der Waals surface area contributed by atoms with Crippen LogP contribution in [0.2, 0.25) is 0 Å². The van der Waals surface area contributed by atoms with E-state index < -0.39 is 29.0 Å². The molecule has 4 aliphatic carbocycles. The number of allylic oxidation sites excluding steroid dienone is 3. The number of aliphatic hydroxyl groups is 2. The normalized spacial score (nSPS) is 37.7. The van der Waals surface area contributed by atoms with E-state index in [1.807, 2.05) is 24.3 Å². The zero-order valence-corrected chi connectivity index (χ0v) is 29.6. The van der Waals surface area contributed by atoms with Crippen LogP contribution in [0.1, 0.15) is 93.4 Å². The molecule has 1 heterocycles. The quantitative estimate of drug-likeness (QED) is 0.247. The minimum Gasteiger partial charge on any atom is -0.265 e. The predicted octanol–water partition coefficient (Wildman–Crippen LogP) is 6.91. The molecule has 3 fully saturated rings. The molecule has 7 nitrogen and oxygen atoms in total. The second-order valence-electron chi connectivity index (χ2n) is 14.2. The molecule has 5 rings (SSSR count). The van der Waals surface area contributed by atoms with E-state index in [1.165, 1.54) is 31.8 Å². The first-order valence-electron chi connectivity index (χ1n) is 15.9. The van der Waals surface area contributed by atoms with Gasteiger partial charge < -0.3 is 14.9 Å². The van der Waals surface area contributed by atoms with Crippen LogP contribution in [-0.2, 0) is 33.9 Å². The van der Waals surface area contributed by atoms with Gasteiger partial charge >= 0.3 is 30.4 Å². The monoisotopic (exact) mass is 775 g/mol. The van der Waals surface area contributed by atoms with Gasteiger partial charge in [-0.05, 0) is 91.6 Å². The van der Waals surface area contributed by atoms with E-state index in [0.29, 0.717) is 41.9 Å². The van der Waals surface area contributed by atoms with Crippen LogP contribution in [0.5, 0.6) is 0 Å². The Labute approximate surface area is 266 Å². The minimum absolute atomic E-state index is 0.244. The van der Waals surface area contributed by atoms with Crippen molar-refractivity contribution in [1.82, 2.24) is 4.98 Å². The summed E-state index contributed by atoms with van der Waals surface area (Å²) in [4.78, 5) is 15.3. The van der Waals surface area contributed by atoms with Crippen molar-refractivity contribution >= 4 is 5.97 Å². The Morgan fingerprint density at radius 1 is 1.00 bits per heavy atom. The summed E-state index contributed by atoms with van der Waals surface area (Å²) < 4.78 is 22.5. The van der Waals surface area contributed by atoms with E-state index >= 15 is 0 Å². The average Bonchev–Trinajstić information content (AvgIpc) is 3.32. The van der Waals surface area contributed by atoms with E-state index in [-0.39, 0.29) is 22.9 Å². The summed E-state index contributed by atoms with van der Waals surface area (Å²) in [5.41, 5.74) is 0.0285. The topological polar surface area (TPSA) is 114 Å². The van der Waals surface area contributed by atoms with Crippen molar-refractivity contribution < 1.29 is 44.1 Å². The summed E-state index contributed by atoms with van der Waals surface area (Å²) in [5.74, 6) is 2.93. The fourth-order valence-corrected chi connectivity index (χ4v) is 8.79. The van der Waals surface area contributed by atoms with Crippen molar-refractivity contribution in [2.24, 2.45) is 46.3 Å². The molecule has 1 aromatic rings. The minimum atomic E-state index is -2.08. The summed E-state index contributed by atoms with van der Waals surface area (Å²) in [6.07, 6.45) is 15.7. The van der Waals surface area contributed by atoms with Gasteiger partial charge in [0.05, 0.1) is 0 Å². The van der Waals surface area contributed by atoms with Crippen LogP contribution >= 0.6 is 0 Å². The molecule has 43 heavy (non-hydrogen) atoms. The van der Waals surface area contributed by atoms with Crippen molar-refractivity contribution in [2.75, 3.05) is 0 Å². The smallest absolute Gasteiger partial charge is 0.0267 e. The van der Waals surface area contributed by atoms with Gasteiger partial charge in [-0.25, -0.2) is 0 Å². The first-order valence-corrected chi connectivity index (χ1v) is 18.0. The van der Waals surface area contributed by atoms with Gasteiger partial charge in [-0.1, -0.05) is 71.4 Å². The number of hydrogen-bond donors (Lipinski definition) is 2. The van der Waals surface area contributed by atoms with Gasteiger partial charge in [0.2, 0.25) is 0 Å². The molecule has 0 amide bonds. The fourth-order valence-electron chi connectivity index (χ4n) is 8.79. The number of ether oxygens (including phenoxy) is 1. The zero-order chi connectivity index (χ0) is 32.0. The Balaban J connectivity index is 0.000000486. The number of pyridine rings is 1. The van der Waals surface area contributed by atoms with Gasteiger partial charge in [-0.15, -0.1) is 0 Å². The van der Waals surface area contributed by atoms with Crippen molar-refractivity contribution in [1.29, 1.82) is 0 Å². The molecule has 4 aliphatic rings. The van der Waals surface area contributed by atoms with Crippen molar-refractivity contribution in [3.63, 3.8) is 0 Å². The van der Waals surface area contributed by atoms with Crippen LogP contribution in [0.3, 0.4) is 0 Å². The van der Waals surface area contributed by atoms with Crippen LogP contribution in [0.25, 0.3) is 0 Å². The van der Waals surface area contributed by atoms with Crippen molar-refractivity contribution in [2.45, 2.75) is 111 Å².